The molecule has 0 aliphatic carbocycles. The summed E-state index contributed by atoms with van der Waals surface area (Å²) in [5.41, 5.74) is -1.77. The molecule has 0 radical (unpaired) electrons. The molecule has 0 saturated carbocycles. The first-order chi connectivity index (χ1) is 28.2. The largest absolute Gasteiger partial charge is 0.492 e. The second-order valence-corrected chi connectivity index (χ2v) is 23.4. The van der Waals surface area contributed by atoms with Gasteiger partial charge in [0.1, 0.15) is 47.1 Å². The Morgan fingerprint density at radius 3 is 1.23 bits per heavy atom. The van der Waals surface area contributed by atoms with Gasteiger partial charge in [0.05, 0.1) is 0 Å². The summed E-state index contributed by atoms with van der Waals surface area (Å²) in [5, 5.41) is 5.66. The number of amides is 2. The van der Waals surface area contributed by atoms with Gasteiger partial charge < -0.3 is 39.1 Å². The zero-order valence-electron chi connectivity index (χ0n) is 38.9. The molecular formula is C44H74N2O11S4. The van der Waals surface area contributed by atoms with Crippen LogP contribution in [-0.2, 0) is 28.5 Å². The number of Topliss-reactive ketones (excluding diaryl/α,β-unsaturated/α-hetero) is 1. The van der Waals surface area contributed by atoms with Gasteiger partial charge in [0, 0.05) is 71.1 Å². The Balaban J connectivity index is 3.00. The van der Waals surface area contributed by atoms with Crippen LogP contribution in [0.2, 0.25) is 0 Å². The van der Waals surface area contributed by atoms with Crippen molar-refractivity contribution in [2.24, 2.45) is 0 Å². The molecule has 1 aromatic carbocycles. The average Bonchev–Trinajstić information content (AvgIpc) is 3.08. The number of hydrogen-bond donors (Lipinski definition) is 2. The van der Waals surface area contributed by atoms with Crippen molar-refractivity contribution in [3.8, 4) is 11.5 Å². The first-order valence-electron chi connectivity index (χ1n) is 20.9. The summed E-state index contributed by atoms with van der Waals surface area (Å²) in [5.74, 6) is 4.69. The predicted octanol–water partition coefficient (Wildman–Crippen LogP) is 9.61. The molecule has 0 bridgehead atoms. The summed E-state index contributed by atoms with van der Waals surface area (Å²) < 4.78 is 34.3. The second kappa shape index (κ2) is 28.2. The van der Waals surface area contributed by atoms with Crippen molar-refractivity contribution >= 4 is 77.0 Å². The molecule has 0 fully saturated rings. The standard InChI is InChI=1S/C44H74N2O11S4/c1-31(47)32-24-33(52-27-35(60-22-18-45-39(50)56-43(8,9)10)29-58-20-14-16-37(48)54-41(2,3)4)26-34(25-32)53-28-36(61-23-19-46-40(51)57-44(11,12)13)30-59-21-15-17-38(49)55-42(5,6)7/h24-26,35-36H,14-23,27-30H2,1-13H3,(H,45,50)(H,46,51). The Bertz CT molecular complexity index is 1400. The molecule has 17 heteroatoms. The molecule has 0 spiro atoms. The third-order valence-electron chi connectivity index (χ3n) is 7.19. The Morgan fingerprint density at radius 2 is 0.902 bits per heavy atom. The molecule has 350 valence electrons. The third kappa shape index (κ3) is 32.7. The summed E-state index contributed by atoms with van der Waals surface area (Å²) >= 11 is 6.76. The molecule has 61 heavy (non-hydrogen) atoms. The molecule has 2 atom stereocenters. The number of alkyl carbamates (subject to hydrolysis) is 2. The number of ether oxygens (including phenoxy) is 6. The number of carbonyl (C=O) groups excluding carboxylic acids is 5. The maximum absolute atomic E-state index is 12.6. The lowest BCUT2D eigenvalue weighted by atomic mass is 10.1. The Hall–Kier alpha value is -2.63. The summed E-state index contributed by atoms with van der Waals surface area (Å²) in [4.78, 5) is 61.4. The summed E-state index contributed by atoms with van der Waals surface area (Å²) in [6, 6.07) is 5.21. The second-order valence-electron chi connectivity index (χ2n) is 18.2. The van der Waals surface area contributed by atoms with Crippen LogP contribution in [0.15, 0.2) is 18.2 Å². The Labute approximate surface area is 382 Å². The quantitative estimate of drug-likeness (QED) is 0.0371. The number of rotatable bonds is 27. The predicted molar refractivity (Wildman–Crippen MR) is 253 cm³/mol. The number of ketones is 1. The van der Waals surface area contributed by atoms with Gasteiger partial charge >= 0.3 is 24.1 Å². The molecule has 0 heterocycles. The van der Waals surface area contributed by atoms with Crippen molar-refractivity contribution in [3.05, 3.63) is 23.8 Å². The number of esters is 2. The van der Waals surface area contributed by atoms with Gasteiger partial charge in [-0.05, 0) is 126 Å². The first-order valence-corrected chi connectivity index (χ1v) is 25.3. The summed E-state index contributed by atoms with van der Waals surface area (Å²) in [6.07, 6.45) is 1.11. The molecule has 2 unspecified atom stereocenters. The topological polar surface area (TPSA) is 165 Å². The van der Waals surface area contributed by atoms with E-state index in [2.05, 4.69) is 10.6 Å². The maximum Gasteiger partial charge on any atom is 0.407 e. The summed E-state index contributed by atoms with van der Waals surface area (Å²) in [7, 11) is 0. The Kier molecular flexibility index (Phi) is 26.1. The lowest BCUT2D eigenvalue weighted by Crippen LogP contribution is -2.34. The zero-order chi connectivity index (χ0) is 46.3. The van der Waals surface area contributed by atoms with Gasteiger partial charge in [-0.1, -0.05) is 0 Å². The monoisotopic (exact) mass is 934 g/mol. The van der Waals surface area contributed by atoms with E-state index in [0.717, 1.165) is 23.0 Å². The van der Waals surface area contributed by atoms with Gasteiger partial charge in [0.2, 0.25) is 0 Å². The SMILES string of the molecule is CC(=O)c1cc(OCC(CSCCCC(=O)OC(C)(C)C)SCCNC(=O)OC(C)(C)C)cc(OCC(CSCCCC(=O)OC(C)(C)C)SCCNC(=O)OC(C)(C)C)c1. The smallest absolute Gasteiger partial charge is 0.407 e. The van der Waals surface area contributed by atoms with Crippen molar-refractivity contribution in [1.82, 2.24) is 10.6 Å². The lowest BCUT2D eigenvalue weighted by molar-refractivity contribution is -0.155. The average molecular weight is 935 g/mol. The molecule has 13 nitrogen and oxygen atoms in total. The van der Waals surface area contributed by atoms with Gasteiger partial charge in [0.25, 0.3) is 0 Å². The van der Waals surface area contributed by atoms with Gasteiger partial charge in [0.15, 0.2) is 5.78 Å². The highest BCUT2D eigenvalue weighted by molar-refractivity contribution is 8.03. The van der Waals surface area contributed by atoms with E-state index in [4.69, 9.17) is 28.4 Å². The van der Waals surface area contributed by atoms with Crippen LogP contribution in [0.1, 0.15) is 126 Å². The molecule has 1 aromatic rings. The molecule has 1 rings (SSSR count). The van der Waals surface area contributed by atoms with Crippen LogP contribution in [-0.4, -0.2) is 124 Å². The van der Waals surface area contributed by atoms with Crippen molar-refractivity contribution in [2.75, 3.05) is 60.8 Å². The van der Waals surface area contributed by atoms with E-state index in [0.29, 0.717) is 80.6 Å². The zero-order valence-corrected chi connectivity index (χ0v) is 42.2. The molecule has 2 N–H and O–H groups in total. The van der Waals surface area contributed by atoms with Crippen LogP contribution >= 0.6 is 47.0 Å². The molecule has 0 aliphatic heterocycles. The van der Waals surface area contributed by atoms with E-state index >= 15 is 0 Å². The van der Waals surface area contributed by atoms with Crippen molar-refractivity contribution in [3.63, 3.8) is 0 Å². The van der Waals surface area contributed by atoms with Crippen LogP contribution < -0.4 is 20.1 Å². The van der Waals surface area contributed by atoms with E-state index < -0.39 is 34.6 Å². The molecule has 0 aromatic heterocycles. The fraction of sp³-hybridized carbons (Fsp3) is 0.750. The van der Waals surface area contributed by atoms with Crippen LogP contribution in [0.25, 0.3) is 0 Å². The van der Waals surface area contributed by atoms with Gasteiger partial charge in [-0.15, -0.1) is 0 Å². The lowest BCUT2D eigenvalue weighted by Gasteiger charge is -2.21. The minimum atomic E-state index is -0.593. The number of carbonyl (C=O) groups is 5. The molecule has 0 saturated heterocycles. The number of thioether (sulfide) groups is 4. The van der Waals surface area contributed by atoms with E-state index in [1.807, 2.05) is 83.1 Å². The van der Waals surface area contributed by atoms with E-state index in [9.17, 15) is 24.0 Å². The molecule has 2 amide bonds. The number of hydrogen-bond acceptors (Lipinski definition) is 15. The van der Waals surface area contributed by atoms with Gasteiger partial charge in [-0.3, -0.25) is 14.4 Å². The maximum atomic E-state index is 12.6. The van der Waals surface area contributed by atoms with E-state index in [1.54, 1.807) is 65.2 Å². The van der Waals surface area contributed by atoms with Gasteiger partial charge in [-0.2, -0.15) is 47.0 Å². The van der Waals surface area contributed by atoms with Crippen molar-refractivity contribution in [1.29, 1.82) is 0 Å². The minimum absolute atomic E-state index is 0.0275. The highest BCUT2D eigenvalue weighted by atomic mass is 32.2. The van der Waals surface area contributed by atoms with Crippen LogP contribution in [0.4, 0.5) is 9.59 Å². The fourth-order valence-corrected chi connectivity index (χ4v) is 9.38. The van der Waals surface area contributed by atoms with Crippen LogP contribution in [0.3, 0.4) is 0 Å². The van der Waals surface area contributed by atoms with Crippen molar-refractivity contribution < 1.29 is 52.4 Å². The highest BCUT2D eigenvalue weighted by Crippen LogP contribution is 2.27. The Morgan fingerprint density at radius 1 is 0.541 bits per heavy atom. The fourth-order valence-electron chi connectivity index (χ4n) is 4.85. The van der Waals surface area contributed by atoms with Crippen LogP contribution in [0.5, 0.6) is 11.5 Å². The van der Waals surface area contributed by atoms with Crippen molar-refractivity contribution in [2.45, 2.75) is 149 Å². The van der Waals surface area contributed by atoms with Gasteiger partial charge in [-0.25, -0.2) is 9.59 Å². The molecular weight excluding hydrogens is 861 g/mol. The summed E-state index contributed by atoms with van der Waals surface area (Å²) in [6.45, 7) is 25.0. The van der Waals surface area contributed by atoms with E-state index in [-0.39, 0.29) is 28.2 Å². The van der Waals surface area contributed by atoms with E-state index in [1.165, 1.54) is 6.92 Å². The number of benzene rings is 1. The first kappa shape index (κ1) is 56.4. The number of nitrogens with one attached hydrogen (secondary N) is 2. The third-order valence-corrected chi connectivity index (χ3v) is 12.5. The molecule has 0 aliphatic rings. The normalized spacial score (nSPS) is 13.1. The minimum Gasteiger partial charge on any atom is -0.492 e. The van der Waals surface area contributed by atoms with Crippen LogP contribution in [0, 0.1) is 0 Å². The highest BCUT2D eigenvalue weighted by Gasteiger charge is 2.21.